The van der Waals surface area contributed by atoms with Gasteiger partial charge in [-0.05, 0) is 56.3 Å². The first kappa shape index (κ1) is 23.1. The first-order valence-corrected chi connectivity index (χ1v) is 10.8. The van der Waals surface area contributed by atoms with E-state index in [-0.39, 0.29) is 17.7 Å². The van der Waals surface area contributed by atoms with E-state index in [4.69, 9.17) is 16.3 Å². The summed E-state index contributed by atoms with van der Waals surface area (Å²) in [6.07, 6.45) is 5.11. The van der Waals surface area contributed by atoms with Crippen LogP contribution in [0.4, 0.5) is 17.3 Å². The van der Waals surface area contributed by atoms with Crippen molar-refractivity contribution in [2.24, 2.45) is 0 Å². The molecule has 174 valence electrons. The lowest BCUT2D eigenvalue weighted by Crippen LogP contribution is -2.12. The number of carbonyl (C=O) groups is 1. The van der Waals surface area contributed by atoms with E-state index in [1.165, 1.54) is 25.4 Å². The quantitative estimate of drug-likeness (QED) is 0.309. The fourth-order valence-electron chi connectivity index (χ4n) is 3.18. The van der Waals surface area contributed by atoms with Gasteiger partial charge in [-0.3, -0.25) is 9.48 Å². The van der Waals surface area contributed by atoms with Crippen LogP contribution in [0.5, 0.6) is 11.5 Å². The first-order chi connectivity index (χ1) is 16.3. The number of benzene rings is 2. The van der Waals surface area contributed by atoms with Crippen molar-refractivity contribution >= 4 is 34.8 Å². The summed E-state index contributed by atoms with van der Waals surface area (Å²) in [5.74, 6) is 0.557. The third kappa shape index (κ3) is 5.10. The van der Waals surface area contributed by atoms with Crippen molar-refractivity contribution < 1.29 is 14.6 Å². The number of hydrogen-bond acceptors (Lipinski definition) is 7. The van der Waals surface area contributed by atoms with Crippen LogP contribution < -0.4 is 15.4 Å². The number of methoxy groups -OCH3 is 1. The molecule has 2 aromatic heterocycles. The van der Waals surface area contributed by atoms with Gasteiger partial charge in [-0.1, -0.05) is 11.6 Å². The van der Waals surface area contributed by atoms with E-state index in [1.807, 2.05) is 24.7 Å². The predicted octanol–water partition coefficient (Wildman–Crippen LogP) is 5.28. The number of phenolic OH excluding ortho intramolecular Hbond substituents is 1. The van der Waals surface area contributed by atoms with Crippen molar-refractivity contribution in [3.8, 4) is 22.8 Å². The molecule has 0 aliphatic heterocycles. The highest BCUT2D eigenvalue weighted by Gasteiger charge is 2.15. The van der Waals surface area contributed by atoms with E-state index in [0.29, 0.717) is 39.4 Å². The molecule has 0 atom stereocenters. The van der Waals surface area contributed by atoms with E-state index in [9.17, 15) is 9.90 Å². The average molecular weight is 479 g/mol. The second-order valence-corrected chi connectivity index (χ2v) is 8.14. The molecule has 0 spiro atoms. The van der Waals surface area contributed by atoms with Gasteiger partial charge >= 0.3 is 0 Å². The maximum Gasteiger partial charge on any atom is 0.255 e. The molecule has 0 saturated carbocycles. The van der Waals surface area contributed by atoms with E-state index in [1.54, 1.807) is 36.5 Å². The number of carbonyl (C=O) groups excluding carboxylic acids is 1. The Bertz CT molecular complexity index is 1320. The number of ether oxygens (including phenoxy) is 1. The lowest BCUT2D eigenvalue weighted by molar-refractivity contribution is 0.102. The van der Waals surface area contributed by atoms with Crippen LogP contribution in [0.1, 0.15) is 30.2 Å². The molecule has 9 nitrogen and oxygen atoms in total. The zero-order chi connectivity index (χ0) is 24.2. The van der Waals surface area contributed by atoms with Gasteiger partial charge in [-0.25, -0.2) is 9.97 Å². The molecule has 0 saturated heterocycles. The highest BCUT2D eigenvalue weighted by atomic mass is 35.5. The van der Waals surface area contributed by atoms with Gasteiger partial charge in [0, 0.05) is 29.1 Å². The summed E-state index contributed by atoms with van der Waals surface area (Å²) in [5.41, 5.74) is 2.86. The number of hydrogen-bond donors (Lipinski definition) is 3. The summed E-state index contributed by atoms with van der Waals surface area (Å²) in [6, 6.07) is 11.4. The summed E-state index contributed by atoms with van der Waals surface area (Å²) in [6.45, 7) is 4.07. The Labute approximate surface area is 201 Å². The molecule has 0 bridgehead atoms. The molecule has 3 N–H and O–H groups in total. The predicted molar refractivity (Wildman–Crippen MR) is 131 cm³/mol. The van der Waals surface area contributed by atoms with Gasteiger partial charge in [-0.2, -0.15) is 5.10 Å². The van der Waals surface area contributed by atoms with Gasteiger partial charge in [0.05, 0.1) is 35.9 Å². The fraction of sp³-hybridized carbons (Fsp3) is 0.167. The SMILES string of the molecule is COc1cc(C(=O)Nc2ccc(O)cc2)ccc1Nc1ncc(Cl)c(-c2cnn(C(C)C)c2)n1. The zero-order valence-corrected chi connectivity index (χ0v) is 19.5. The van der Waals surface area contributed by atoms with Crippen LogP contribution in [0.3, 0.4) is 0 Å². The standard InChI is InChI=1S/C24H23ClN6O3/c1-14(2)31-13-16(11-27-31)22-19(25)12-26-24(30-22)29-20-9-4-15(10-21(20)34-3)23(33)28-17-5-7-18(32)8-6-17/h4-14,32H,1-3H3,(H,28,33)(H,26,29,30). The Morgan fingerprint density at radius 3 is 2.59 bits per heavy atom. The molecule has 4 aromatic rings. The Kier molecular flexibility index (Phi) is 6.65. The van der Waals surface area contributed by atoms with Gasteiger partial charge < -0.3 is 20.5 Å². The summed E-state index contributed by atoms with van der Waals surface area (Å²) in [5, 5.41) is 20.0. The van der Waals surface area contributed by atoms with E-state index in [0.717, 1.165) is 5.56 Å². The van der Waals surface area contributed by atoms with Crippen molar-refractivity contribution in [1.82, 2.24) is 19.7 Å². The summed E-state index contributed by atoms with van der Waals surface area (Å²) < 4.78 is 7.30. The lowest BCUT2D eigenvalue weighted by atomic mass is 10.1. The van der Waals surface area contributed by atoms with Crippen molar-refractivity contribution in [1.29, 1.82) is 0 Å². The molecule has 4 rings (SSSR count). The molecule has 0 aliphatic rings. The highest BCUT2D eigenvalue weighted by molar-refractivity contribution is 6.32. The number of nitrogens with zero attached hydrogens (tertiary/aromatic N) is 4. The summed E-state index contributed by atoms with van der Waals surface area (Å²) in [7, 11) is 1.51. The maximum absolute atomic E-state index is 12.6. The van der Waals surface area contributed by atoms with Crippen LogP contribution in [-0.4, -0.2) is 37.9 Å². The van der Waals surface area contributed by atoms with Crippen LogP contribution in [0.2, 0.25) is 5.02 Å². The van der Waals surface area contributed by atoms with Gasteiger partial charge in [0.25, 0.3) is 5.91 Å². The van der Waals surface area contributed by atoms with Crippen molar-refractivity contribution in [2.45, 2.75) is 19.9 Å². The van der Waals surface area contributed by atoms with Gasteiger partial charge in [0.1, 0.15) is 11.5 Å². The monoisotopic (exact) mass is 478 g/mol. The highest BCUT2D eigenvalue weighted by Crippen LogP contribution is 2.31. The summed E-state index contributed by atoms with van der Waals surface area (Å²) >= 11 is 6.34. The molecule has 0 aliphatic carbocycles. The molecule has 10 heteroatoms. The number of halogens is 1. The maximum atomic E-state index is 12.6. The number of amides is 1. The number of nitrogens with one attached hydrogen (secondary N) is 2. The van der Waals surface area contributed by atoms with E-state index < -0.39 is 0 Å². The first-order valence-electron chi connectivity index (χ1n) is 10.5. The Balaban J connectivity index is 1.55. The minimum Gasteiger partial charge on any atom is -0.508 e. The van der Waals surface area contributed by atoms with Gasteiger partial charge in [-0.15, -0.1) is 0 Å². The Hall–Kier alpha value is -4.11. The second kappa shape index (κ2) is 9.80. The third-order valence-corrected chi connectivity index (χ3v) is 5.26. The van der Waals surface area contributed by atoms with Crippen molar-refractivity contribution in [2.75, 3.05) is 17.7 Å². The Morgan fingerprint density at radius 2 is 1.91 bits per heavy atom. The molecule has 1 amide bonds. The molecule has 0 radical (unpaired) electrons. The van der Waals surface area contributed by atoms with Crippen molar-refractivity contribution in [3.63, 3.8) is 0 Å². The Morgan fingerprint density at radius 1 is 1.15 bits per heavy atom. The van der Waals surface area contributed by atoms with Crippen LogP contribution in [0, 0.1) is 0 Å². The average Bonchev–Trinajstić information content (AvgIpc) is 3.32. The van der Waals surface area contributed by atoms with Crippen LogP contribution in [0.25, 0.3) is 11.3 Å². The van der Waals surface area contributed by atoms with Crippen molar-refractivity contribution in [3.05, 3.63) is 71.6 Å². The number of anilines is 3. The van der Waals surface area contributed by atoms with E-state index in [2.05, 4.69) is 25.7 Å². The fourth-order valence-corrected chi connectivity index (χ4v) is 3.38. The van der Waals surface area contributed by atoms with Gasteiger partial charge in [0.15, 0.2) is 0 Å². The minimum absolute atomic E-state index is 0.122. The molecular formula is C24H23ClN6O3. The summed E-state index contributed by atoms with van der Waals surface area (Å²) in [4.78, 5) is 21.4. The normalized spacial score (nSPS) is 10.9. The third-order valence-electron chi connectivity index (χ3n) is 4.98. The minimum atomic E-state index is -0.317. The smallest absolute Gasteiger partial charge is 0.255 e. The molecule has 2 heterocycles. The molecule has 0 unspecified atom stereocenters. The molecule has 34 heavy (non-hydrogen) atoms. The van der Waals surface area contributed by atoms with Gasteiger partial charge in [0.2, 0.25) is 5.95 Å². The molecule has 2 aromatic carbocycles. The topological polar surface area (TPSA) is 114 Å². The number of aromatic nitrogens is 4. The molecule has 0 fully saturated rings. The number of aromatic hydroxyl groups is 1. The van der Waals surface area contributed by atoms with Crippen LogP contribution in [0.15, 0.2) is 61.1 Å². The zero-order valence-electron chi connectivity index (χ0n) is 18.8. The van der Waals surface area contributed by atoms with Crippen LogP contribution in [-0.2, 0) is 0 Å². The number of rotatable bonds is 7. The largest absolute Gasteiger partial charge is 0.508 e. The van der Waals surface area contributed by atoms with E-state index >= 15 is 0 Å². The number of phenols is 1. The second-order valence-electron chi connectivity index (χ2n) is 7.73. The molecular weight excluding hydrogens is 456 g/mol. The lowest BCUT2D eigenvalue weighted by Gasteiger charge is -2.13. The van der Waals surface area contributed by atoms with Crippen LogP contribution >= 0.6 is 11.6 Å².